The highest BCUT2D eigenvalue weighted by molar-refractivity contribution is 7.89. The zero-order chi connectivity index (χ0) is 14.2. The third-order valence-corrected chi connectivity index (χ3v) is 6.23. The topological polar surface area (TPSA) is 66.6 Å². The van der Waals surface area contributed by atoms with Crippen molar-refractivity contribution in [3.05, 3.63) is 29.8 Å². The molecule has 1 atom stereocenters. The predicted octanol–water partition coefficient (Wildman–Crippen LogP) is 0.614. The fourth-order valence-electron chi connectivity index (χ4n) is 3.13. The Morgan fingerprint density at radius 2 is 1.90 bits per heavy atom. The number of benzene rings is 1. The highest BCUT2D eigenvalue weighted by Gasteiger charge is 2.36. The van der Waals surface area contributed by atoms with Crippen LogP contribution in [0.3, 0.4) is 0 Å². The Morgan fingerprint density at radius 3 is 2.60 bits per heavy atom. The molecule has 110 valence electrons. The average molecular weight is 295 g/mol. The normalized spacial score (nSPS) is 24.8. The van der Waals surface area contributed by atoms with Crippen molar-refractivity contribution in [2.45, 2.75) is 30.3 Å². The van der Waals surface area contributed by atoms with Crippen LogP contribution in [0.2, 0.25) is 0 Å². The number of hydrogen-bond acceptors (Lipinski definition) is 4. The van der Waals surface area contributed by atoms with E-state index in [-0.39, 0.29) is 0 Å². The molecule has 1 aromatic carbocycles. The van der Waals surface area contributed by atoms with Crippen LogP contribution in [-0.2, 0) is 16.6 Å². The Balaban J connectivity index is 1.80. The first-order valence-corrected chi connectivity index (χ1v) is 8.58. The molecule has 0 bridgehead atoms. The SMILES string of the molecule is NCc1ccc(S(=O)(=O)N2CCN3CCCC3C2)cc1. The molecule has 1 aromatic rings. The lowest BCUT2D eigenvalue weighted by Crippen LogP contribution is -2.51. The molecular formula is C14H21N3O2S. The summed E-state index contributed by atoms with van der Waals surface area (Å²) in [5, 5.41) is 0. The van der Waals surface area contributed by atoms with E-state index in [1.165, 1.54) is 6.42 Å². The molecule has 2 N–H and O–H groups in total. The molecule has 0 aromatic heterocycles. The highest BCUT2D eigenvalue weighted by atomic mass is 32.2. The van der Waals surface area contributed by atoms with Crippen LogP contribution in [0, 0.1) is 0 Å². The zero-order valence-corrected chi connectivity index (χ0v) is 12.3. The highest BCUT2D eigenvalue weighted by Crippen LogP contribution is 2.25. The summed E-state index contributed by atoms with van der Waals surface area (Å²) in [4.78, 5) is 2.78. The molecule has 2 fully saturated rings. The lowest BCUT2D eigenvalue weighted by atomic mass is 10.2. The Kier molecular flexibility index (Phi) is 3.81. The Bertz CT molecular complexity index is 571. The van der Waals surface area contributed by atoms with Gasteiger partial charge in [-0.3, -0.25) is 4.90 Å². The third-order valence-electron chi connectivity index (χ3n) is 4.35. The van der Waals surface area contributed by atoms with E-state index in [4.69, 9.17) is 5.73 Å². The summed E-state index contributed by atoms with van der Waals surface area (Å²) in [6, 6.07) is 7.32. The first-order valence-electron chi connectivity index (χ1n) is 7.14. The van der Waals surface area contributed by atoms with E-state index >= 15 is 0 Å². The number of nitrogens with zero attached hydrogens (tertiary/aromatic N) is 2. The summed E-state index contributed by atoms with van der Waals surface area (Å²) in [6.07, 6.45) is 2.29. The van der Waals surface area contributed by atoms with Gasteiger partial charge >= 0.3 is 0 Å². The van der Waals surface area contributed by atoms with Crippen LogP contribution in [0.25, 0.3) is 0 Å². The molecule has 0 radical (unpaired) electrons. The monoisotopic (exact) mass is 295 g/mol. The van der Waals surface area contributed by atoms with E-state index < -0.39 is 10.0 Å². The van der Waals surface area contributed by atoms with Crippen molar-refractivity contribution in [3.63, 3.8) is 0 Å². The Hall–Kier alpha value is -0.950. The quantitative estimate of drug-likeness (QED) is 0.887. The molecule has 5 nitrogen and oxygen atoms in total. The second-order valence-electron chi connectivity index (χ2n) is 5.54. The second-order valence-corrected chi connectivity index (χ2v) is 7.48. The molecule has 0 saturated carbocycles. The third kappa shape index (κ3) is 2.48. The minimum Gasteiger partial charge on any atom is -0.326 e. The van der Waals surface area contributed by atoms with Gasteiger partial charge in [0.1, 0.15) is 0 Å². The molecule has 6 heteroatoms. The maximum atomic E-state index is 12.7. The zero-order valence-electron chi connectivity index (χ0n) is 11.5. The van der Waals surface area contributed by atoms with Gasteiger partial charge in [0.05, 0.1) is 4.90 Å². The molecule has 0 aliphatic carbocycles. The maximum absolute atomic E-state index is 12.7. The molecule has 1 unspecified atom stereocenters. The first kappa shape index (κ1) is 14.0. The summed E-state index contributed by atoms with van der Waals surface area (Å²) < 4.78 is 26.9. The van der Waals surface area contributed by atoms with Crippen molar-refractivity contribution in [2.24, 2.45) is 5.73 Å². The summed E-state index contributed by atoms with van der Waals surface area (Å²) >= 11 is 0. The van der Waals surface area contributed by atoms with E-state index in [2.05, 4.69) is 4.90 Å². The van der Waals surface area contributed by atoms with Gasteiger partial charge in [-0.2, -0.15) is 4.31 Å². The molecule has 2 saturated heterocycles. The number of sulfonamides is 1. The van der Waals surface area contributed by atoms with E-state index in [1.54, 1.807) is 28.6 Å². The smallest absolute Gasteiger partial charge is 0.243 e. The molecule has 2 aliphatic rings. The van der Waals surface area contributed by atoms with Gasteiger partial charge in [-0.25, -0.2) is 8.42 Å². The first-order chi connectivity index (χ1) is 9.61. The van der Waals surface area contributed by atoms with E-state index in [1.807, 2.05) is 0 Å². The molecule has 0 amide bonds. The van der Waals surface area contributed by atoms with Crippen LogP contribution in [-0.4, -0.2) is 49.8 Å². The van der Waals surface area contributed by atoms with Crippen molar-refractivity contribution in [3.8, 4) is 0 Å². The fraction of sp³-hybridized carbons (Fsp3) is 0.571. The molecule has 0 spiro atoms. The van der Waals surface area contributed by atoms with Crippen LogP contribution in [0.5, 0.6) is 0 Å². The molecule has 2 aliphatic heterocycles. The number of hydrogen-bond donors (Lipinski definition) is 1. The van der Waals surface area contributed by atoms with Crippen molar-refractivity contribution < 1.29 is 8.42 Å². The van der Waals surface area contributed by atoms with Gasteiger partial charge in [0.15, 0.2) is 0 Å². The van der Waals surface area contributed by atoms with Gasteiger partial charge < -0.3 is 5.73 Å². The van der Waals surface area contributed by atoms with Crippen LogP contribution in [0.15, 0.2) is 29.2 Å². The Labute approximate surface area is 120 Å². The molecule has 2 heterocycles. The van der Waals surface area contributed by atoms with Crippen LogP contribution in [0.4, 0.5) is 0 Å². The standard InChI is InChI=1S/C14H21N3O2S/c15-10-12-3-5-14(6-4-12)20(18,19)17-9-8-16-7-1-2-13(16)11-17/h3-6,13H,1-2,7-11,15H2. The van der Waals surface area contributed by atoms with Crippen LogP contribution >= 0.6 is 0 Å². The number of piperazine rings is 1. The predicted molar refractivity (Wildman–Crippen MR) is 77.7 cm³/mol. The van der Waals surface area contributed by atoms with Gasteiger partial charge in [0, 0.05) is 32.2 Å². The van der Waals surface area contributed by atoms with Crippen LogP contribution in [0.1, 0.15) is 18.4 Å². The van der Waals surface area contributed by atoms with Crippen LogP contribution < -0.4 is 5.73 Å². The Morgan fingerprint density at radius 1 is 1.15 bits per heavy atom. The summed E-state index contributed by atoms with van der Waals surface area (Å²) in [5.74, 6) is 0. The number of fused-ring (bicyclic) bond motifs is 1. The summed E-state index contributed by atoms with van der Waals surface area (Å²) in [7, 11) is -3.36. The number of rotatable bonds is 3. The second kappa shape index (κ2) is 5.44. The average Bonchev–Trinajstić information content (AvgIpc) is 2.94. The van der Waals surface area contributed by atoms with Gasteiger partial charge in [-0.1, -0.05) is 12.1 Å². The molecular weight excluding hydrogens is 274 g/mol. The van der Waals surface area contributed by atoms with E-state index in [0.717, 1.165) is 25.1 Å². The van der Waals surface area contributed by atoms with Gasteiger partial charge in [0.2, 0.25) is 10.0 Å². The van der Waals surface area contributed by atoms with Crippen molar-refractivity contribution in [2.75, 3.05) is 26.2 Å². The van der Waals surface area contributed by atoms with Gasteiger partial charge in [0.25, 0.3) is 0 Å². The largest absolute Gasteiger partial charge is 0.326 e. The minimum absolute atomic E-state index is 0.376. The van der Waals surface area contributed by atoms with Crippen molar-refractivity contribution in [1.29, 1.82) is 0 Å². The molecule has 3 rings (SSSR count). The van der Waals surface area contributed by atoms with E-state index in [9.17, 15) is 8.42 Å². The minimum atomic E-state index is -3.36. The lowest BCUT2D eigenvalue weighted by molar-refractivity contribution is 0.158. The lowest BCUT2D eigenvalue weighted by Gasteiger charge is -2.36. The van der Waals surface area contributed by atoms with Crippen molar-refractivity contribution >= 4 is 10.0 Å². The fourth-order valence-corrected chi connectivity index (χ4v) is 4.60. The van der Waals surface area contributed by atoms with Crippen molar-refractivity contribution in [1.82, 2.24) is 9.21 Å². The maximum Gasteiger partial charge on any atom is 0.243 e. The van der Waals surface area contributed by atoms with Gasteiger partial charge in [-0.15, -0.1) is 0 Å². The van der Waals surface area contributed by atoms with E-state index in [0.29, 0.717) is 30.6 Å². The molecule has 20 heavy (non-hydrogen) atoms. The number of nitrogens with two attached hydrogens (primary N) is 1. The summed E-state index contributed by atoms with van der Waals surface area (Å²) in [5.41, 5.74) is 6.49. The summed E-state index contributed by atoms with van der Waals surface area (Å²) in [6.45, 7) is 3.62. The van der Waals surface area contributed by atoms with Gasteiger partial charge in [-0.05, 0) is 37.1 Å².